The summed E-state index contributed by atoms with van der Waals surface area (Å²) in [7, 11) is 0. The first kappa shape index (κ1) is 16.5. The summed E-state index contributed by atoms with van der Waals surface area (Å²) >= 11 is 0. The summed E-state index contributed by atoms with van der Waals surface area (Å²) < 4.78 is 15.7. The number of hydrogen-bond acceptors (Lipinski definition) is 4. The molecular formula is C15H23NO4. The smallest absolute Gasteiger partial charge is 0.404 e. The second-order valence-corrected chi connectivity index (χ2v) is 4.53. The fourth-order valence-corrected chi connectivity index (χ4v) is 1.58. The van der Waals surface area contributed by atoms with E-state index in [0.717, 1.165) is 6.42 Å². The van der Waals surface area contributed by atoms with E-state index in [2.05, 4.69) is 4.74 Å². The number of amides is 1. The van der Waals surface area contributed by atoms with Gasteiger partial charge in [0.2, 0.25) is 0 Å². The molecule has 2 N–H and O–H groups in total. The van der Waals surface area contributed by atoms with Gasteiger partial charge in [-0.15, -0.1) is 0 Å². The Morgan fingerprint density at radius 2 is 1.95 bits per heavy atom. The van der Waals surface area contributed by atoms with Gasteiger partial charge in [-0.3, -0.25) is 0 Å². The van der Waals surface area contributed by atoms with Crippen molar-refractivity contribution in [3.8, 4) is 0 Å². The molecule has 1 rings (SSSR count). The fraction of sp³-hybridized carbons (Fsp3) is 0.533. The molecule has 20 heavy (non-hydrogen) atoms. The molecular weight excluding hydrogens is 258 g/mol. The molecule has 0 aliphatic rings. The minimum absolute atomic E-state index is 0.150. The van der Waals surface area contributed by atoms with Gasteiger partial charge in [0, 0.05) is 19.6 Å². The van der Waals surface area contributed by atoms with Crippen molar-refractivity contribution in [2.45, 2.75) is 32.5 Å². The van der Waals surface area contributed by atoms with Crippen LogP contribution in [0.1, 0.15) is 25.3 Å². The topological polar surface area (TPSA) is 70.8 Å². The molecule has 1 amide bonds. The van der Waals surface area contributed by atoms with Crippen molar-refractivity contribution >= 4 is 6.09 Å². The van der Waals surface area contributed by atoms with Crippen LogP contribution in [0, 0.1) is 0 Å². The highest BCUT2D eigenvalue weighted by molar-refractivity contribution is 5.64. The lowest BCUT2D eigenvalue weighted by atomic mass is 10.2. The number of hydrogen-bond donors (Lipinski definition) is 1. The summed E-state index contributed by atoms with van der Waals surface area (Å²) in [6, 6.07) is 10.1. The third kappa shape index (κ3) is 8.50. The average molecular weight is 281 g/mol. The number of carbonyl (C=O) groups is 1. The van der Waals surface area contributed by atoms with E-state index in [4.69, 9.17) is 15.2 Å². The molecule has 1 unspecified atom stereocenters. The molecule has 0 aliphatic carbocycles. The third-order valence-electron chi connectivity index (χ3n) is 2.72. The zero-order valence-electron chi connectivity index (χ0n) is 11.9. The Labute approximate surface area is 120 Å². The Morgan fingerprint density at radius 3 is 2.65 bits per heavy atom. The molecule has 1 atom stereocenters. The predicted octanol–water partition coefficient (Wildman–Crippen LogP) is 2.48. The molecule has 1 aromatic rings. The maximum Gasteiger partial charge on any atom is 0.404 e. The number of benzene rings is 1. The molecule has 0 aromatic heterocycles. The van der Waals surface area contributed by atoms with Gasteiger partial charge >= 0.3 is 6.09 Å². The van der Waals surface area contributed by atoms with Crippen LogP contribution in [0.2, 0.25) is 0 Å². The van der Waals surface area contributed by atoms with Crippen LogP contribution >= 0.6 is 0 Å². The van der Waals surface area contributed by atoms with Crippen LogP contribution in [-0.2, 0) is 20.8 Å². The minimum Gasteiger partial charge on any atom is -0.450 e. The number of ether oxygens (including phenoxy) is 3. The summed E-state index contributed by atoms with van der Waals surface area (Å²) in [6.07, 6.45) is 0.899. The molecule has 5 nitrogen and oxygen atoms in total. The molecule has 0 aliphatic heterocycles. The average Bonchev–Trinajstić information content (AvgIpc) is 2.45. The van der Waals surface area contributed by atoms with Crippen molar-refractivity contribution in [1.29, 1.82) is 0 Å². The summed E-state index contributed by atoms with van der Waals surface area (Å²) in [5.74, 6) is 0. The summed E-state index contributed by atoms with van der Waals surface area (Å²) in [6.45, 7) is 4.14. The van der Waals surface area contributed by atoms with E-state index >= 15 is 0 Å². The highest BCUT2D eigenvalue weighted by atomic mass is 16.5. The largest absolute Gasteiger partial charge is 0.450 e. The van der Waals surface area contributed by atoms with Gasteiger partial charge in [0.1, 0.15) is 0 Å². The molecule has 0 bridgehead atoms. The lowest BCUT2D eigenvalue weighted by Crippen LogP contribution is -2.15. The van der Waals surface area contributed by atoms with Crippen molar-refractivity contribution in [2.24, 2.45) is 5.73 Å². The SMILES string of the molecule is CC(CCOCCCOC(N)=O)OCc1ccccc1. The van der Waals surface area contributed by atoms with Crippen molar-refractivity contribution in [2.75, 3.05) is 19.8 Å². The van der Waals surface area contributed by atoms with E-state index in [9.17, 15) is 4.79 Å². The second kappa shape index (κ2) is 10.2. The van der Waals surface area contributed by atoms with Crippen LogP contribution in [-0.4, -0.2) is 32.0 Å². The second-order valence-electron chi connectivity index (χ2n) is 4.53. The molecule has 0 radical (unpaired) electrons. The standard InChI is InChI=1S/C15H23NO4/c1-13(20-12-14-6-3-2-4-7-14)8-11-18-9-5-10-19-15(16)17/h2-4,6-7,13H,5,8-12H2,1H3,(H2,16,17). The Balaban J connectivity index is 1.95. The Bertz CT molecular complexity index is 369. The van der Waals surface area contributed by atoms with Gasteiger partial charge in [0.25, 0.3) is 0 Å². The monoisotopic (exact) mass is 281 g/mol. The zero-order chi connectivity index (χ0) is 14.6. The van der Waals surface area contributed by atoms with Gasteiger partial charge in [-0.1, -0.05) is 30.3 Å². The van der Waals surface area contributed by atoms with E-state index in [0.29, 0.717) is 32.8 Å². The van der Waals surface area contributed by atoms with Gasteiger partial charge in [-0.05, 0) is 18.9 Å². The van der Waals surface area contributed by atoms with Crippen LogP contribution in [0.3, 0.4) is 0 Å². The molecule has 0 spiro atoms. The van der Waals surface area contributed by atoms with Crippen molar-refractivity contribution in [3.05, 3.63) is 35.9 Å². The van der Waals surface area contributed by atoms with E-state index < -0.39 is 6.09 Å². The summed E-state index contributed by atoms with van der Waals surface area (Å²) in [4.78, 5) is 10.3. The van der Waals surface area contributed by atoms with Gasteiger partial charge in [-0.2, -0.15) is 0 Å². The van der Waals surface area contributed by atoms with Crippen LogP contribution < -0.4 is 5.73 Å². The Kier molecular flexibility index (Phi) is 8.42. The molecule has 1 aromatic carbocycles. The predicted molar refractivity (Wildman–Crippen MR) is 76.3 cm³/mol. The first-order valence-corrected chi connectivity index (χ1v) is 6.84. The van der Waals surface area contributed by atoms with E-state index in [1.54, 1.807) is 0 Å². The van der Waals surface area contributed by atoms with Crippen LogP contribution in [0.25, 0.3) is 0 Å². The number of rotatable bonds is 10. The van der Waals surface area contributed by atoms with Crippen molar-refractivity contribution in [1.82, 2.24) is 0 Å². The van der Waals surface area contributed by atoms with Crippen molar-refractivity contribution in [3.63, 3.8) is 0 Å². The first-order valence-electron chi connectivity index (χ1n) is 6.84. The maximum absolute atomic E-state index is 10.3. The number of nitrogens with two attached hydrogens (primary N) is 1. The normalized spacial score (nSPS) is 12.1. The van der Waals surface area contributed by atoms with Gasteiger partial charge < -0.3 is 19.9 Å². The maximum atomic E-state index is 10.3. The van der Waals surface area contributed by atoms with Crippen LogP contribution in [0.5, 0.6) is 0 Å². The van der Waals surface area contributed by atoms with Gasteiger partial charge in [0.05, 0.1) is 19.3 Å². The van der Waals surface area contributed by atoms with E-state index in [1.165, 1.54) is 5.56 Å². The zero-order valence-corrected chi connectivity index (χ0v) is 11.9. The lowest BCUT2D eigenvalue weighted by molar-refractivity contribution is 0.0199. The fourth-order valence-electron chi connectivity index (χ4n) is 1.58. The highest BCUT2D eigenvalue weighted by Crippen LogP contribution is 2.05. The number of carbonyl (C=O) groups excluding carboxylic acids is 1. The van der Waals surface area contributed by atoms with E-state index in [1.807, 2.05) is 37.3 Å². The Hall–Kier alpha value is -1.59. The quantitative estimate of drug-likeness (QED) is 0.669. The van der Waals surface area contributed by atoms with Crippen LogP contribution in [0.15, 0.2) is 30.3 Å². The minimum atomic E-state index is -0.743. The molecule has 112 valence electrons. The van der Waals surface area contributed by atoms with E-state index in [-0.39, 0.29) is 6.10 Å². The number of primary amides is 1. The molecule has 0 heterocycles. The lowest BCUT2D eigenvalue weighted by Gasteiger charge is -2.13. The van der Waals surface area contributed by atoms with Gasteiger partial charge in [-0.25, -0.2) is 4.79 Å². The highest BCUT2D eigenvalue weighted by Gasteiger charge is 2.03. The molecule has 0 saturated heterocycles. The third-order valence-corrected chi connectivity index (χ3v) is 2.72. The summed E-state index contributed by atoms with van der Waals surface area (Å²) in [5, 5.41) is 0. The molecule has 5 heteroatoms. The van der Waals surface area contributed by atoms with Gasteiger partial charge in [0.15, 0.2) is 0 Å². The molecule has 0 saturated carbocycles. The first-order chi connectivity index (χ1) is 9.68. The Morgan fingerprint density at radius 1 is 1.20 bits per heavy atom. The van der Waals surface area contributed by atoms with Crippen molar-refractivity contribution < 1.29 is 19.0 Å². The summed E-state index contributed by atoms with van der Waals surface area (Å²) in [5.41, 5.74) is 6.01. The molecule has 0 fully saturated rings. The van der Waals surface area contributed by atoms with Crippen LogP contribution in [0.4, 0.5) is 4.79 Å².